The first kappa shape index (κ1) is 14.7. The normalized spacial score (nSPS) is 13.7. The van der Waals surface area contributed by atoms with Gasteiger partial charge in [-0.2, -0.15) is 0 Å². The maximum Gasteiger partial charge on any atom is 0.341 e. The monoisotopic (exact) mass is 320 g/mol. The van der Waals surface area contributed by atoms with Gasteiger partial charge < -0.3 is 9.84 Å². The smallest absolute Gasteiger partial charge is 0.341 e. The van der Waals surface area contributed by atoms with Gasteiger partial charge in [-0.25, -0.2) is 4.79 Å². The number of esters is 1. The molecule has 7 nitrogen and oxygen atoms in total. The Morgan fingerprint density at radius 2 is 2.14 bits per heavy atom. The molecule has 0 saturated heterocycles. The molecule has 0 radical (unpaired) electrons. The van der Waals surface area contributed by atoms with Gasteiger partial charge in [-0.3, -0.25) is 9.89 Å². The van der Waals surface area contributed by atoms with E-state index in [1.807, 2.05) is 0 Å². The summed E-state index contributed by atoms with van der Waals surface area (Å²) in [5.74, 6) is -0.365. The van der Waals surface area contributed by atoms with Gasteiger partial charge in [-0.05, 0) is 38.7 Å². The number of carbonyl (C=O) groups is 1. The standard InChI is InChI=1S/C14H16N4O3S/c1-3-21-14(20)10-8-5-4-6-9(8)22-13(10)18-16-11-7(2)15-17-12(11)19/h3-6H2,1-2H3,(H2,15,17,19). The lowest BCUT2D eigenvalue weighted by Gasteiger charge is -2.02. The maximum absolute atomic E-state index is 12.2. The molecule has 0 spiro atoms. The van der Waals surface area contributed by atoms with Crippen molar-refractivity contribution in [2.75, 3.05) is 6.61 Å². The first-order chi connectivity index (χ1) is 10.6. The minimum atomic E-state index is -0.365. The average Bonchev–Trinajstić information content (AvgIpc) is 3.13. The number of azo groups is 1. The van der Waals surface area contributed by atoms with Crippen LogP contribution in [0.25, 0.3) is 0 Å². The van der Waals surface area contributed by atoms with Gasteiger partial charge in [0.15, 0.2) is 10.7 Å². The number of hydrogen-bond acceptors (Lipinski definition) is 6. The maximum atomic E-state index is 12.2. The number of thiophene rings is 1. The Balaban J connectivity index is 2.01. The number of aryl methyl sites for hydroxylation is 2. The number of nitrogens with one attached hydrogen (secondary N) is 2. The molecule has 2 aromatic rings. The van der Waals surface area contributed by atoms with Crippen molar-refractivity contribution >= 4 is 28.0 Å². The van der Waals surface area contributed by atoms with Crippen LogP contribution >= 0.6 is 11.3 Å². The van der Waals surface area contributed by atoms with Crippen molar-refractivity contribution in [1.82, 2.24) is 10.2 Å². The fourth-order valence-electron chi connectivity index (χ4n) is 2.53. The summed E-state index contributed by atoms with van der Waals surface area (Å²) in [4.78, 5) is 24.9. The van der Waals surface area contributed by atoms with E-state index in [9.17, 15) is 9.59 Å². The molecule has 0 saturated carbocycles. The van der Waals surface area contributed by atoms with Crippen LogP contribution < -0.4 is 5.56 Å². The molecular formula is C14H16N4O3S. The molecule has 0 bridgehead atoms. The van der Waals surface area contributed by atoms with E-state index in [4.69, 9.17) is 4.74 Å². The van der Waals surface area contributed by atoms with Crippen molar-refractivity contribution < 1.29 is 9.53 Å². The Morgan fingerprint density at radius 3 is 2.82 bits per heavy atom. The Hall–Kier alpha value is -2.22. The van der Waals surface area contributed by atoms with E-state index in [0.717, 1.165) is 29.7 Å². The van der Waals surface area contributed by atoms with Crippen molar-refractivity contribution in [2.45, 2.75) is 33.1 Å². The Kier molecular flexibility index (Phi) is 3.93. The van der Waals surface area contributed by atoms with Crippen LogP contribution in [0.4, 0.5) is 10.7 Å². The largest absolute Gasteiger partial charge is 0.462 e. The third kappa shape index (κ3) is 2.50. The van der Waals surface area contributed by atoms with Crippen molar-refractivity contribution in [3.05, 3.63) is 32.1 Å². The molecule has 2 N–H and O–H groups in total. The Morgan fingerprint density at radius 1 is 1.32 bits per heavy atom. The zero-order valence-corrected chi connectivity index (χ0v) is 13.2. The zero-order valence-electron chi connectivity index (χ0n) is 12.4. The summed E-state index contributed by atoms with van der Waals surface area (Å²) in [6.45, 7) is 3.82. The van der Waals surface area contributed by atoms with E-state index in [1.165, 1.54) is 11.3 Å². The van der Waals surface area contributed by atoms with E-state index < -0.39 is 0 Å². The summed E-state index contributed by atoms with van der Waals surface area (Å²) in [6.07, 6.45) is 2.85. The van der Waals surface area contributed by atoms with Crippen molar-refractivity contribution in [2.24, 2.45) is 10.2 Å². The van der Waals surface area contributed by atoms with E-state index in [0.29, 0.717) is 22.9 Å². The van der Waals surface area contributed by atoms with Crippen LogP contribution in [0.3, 0.4) is 0 Å². The van der Waals surface area contributed by atoms with Crippen LogP contribution in [0, 0.1) is 6.92 Å². The molecule has 2 aromatic heterocycles. The molecule has 1 aliphatic carbocycles. The highest BCUT2D eigenvalue weighted by molar-refractivity contribution is 7.16. The lowest BCUT2D eigenvalue weighted by atomic mass is 10.1. The molecule has 0 unspecified atom stereocenters. The van der Waals surface area contributed by atoms with Crippen molar-refractivity contribution in [3.63, 3.8) is 0 Å². The molecule has 1 aliphatic rings. The average molecular weight is 320 g/mol. The summed E-state index contributed by atoms with van der Waals surface area (Å²) in [6, 6.07) is 0. The fourth-order valence-corrected chi connectivity index (χ4v) is 3.73. The minimum absolute atomic E-state index is 0.225. The molecule has 2 heterocycles. The molecule has 0 amide bonds. The van der Waals surface area contributed by atoms with E-state index in [2.05, 4.69) is 20.4 Å². The SMILES string of the molecule is CCOC(=O)c1c(N=Nc2c(C)[nH][nH]c2=O)sc2c1CCC2. The quantitative estimate of drug-likeness (QED) is 0.668. The van der Waals surface area contributed by atoms with Gasteiger partial charge in [0, 0.05) is 4.88 Å². The number of H-pyrrole nitrogens is 2. The topological polar surface area (TPSA) is 99.7 Å². The lowest BCUT2D eigenvalue weighted by molar-refractivity contribution is 0.0526. The molecule has 0 aliphatic heterocycles. The van der Waals surface area contributed by atoms with Crippen molar-refractivity contribution in [3.8, 4) is 0 Å². The fraction of sp³-hybridized carbons (Fsp3) is 0.429. The number of rotatable bonds is 4. The zero-order chi connectivity index (χ0) is 15.7. The van der Waals surface area contributed by atoms with Gasteiger partial charge in [0.1, 0.15) is 5.56 Å². The number of hydrogen-bond donors (Lipinski definition) is 2. The highest BCUT2D eigenvalue weighted by atomic mass is 32.1. The van der Waals surface area contributed by atoms with Crippen LogP contribution in [0.1, 0.15) is 39.8 Å². The molecule has 8 heteroatoms. The van der Waals surface area contributed by atoms with Gasteiger partial charge in [-0.1, -0.05) is 0 Å². The Labute approximate surface area is 130 Å². The number of ether oxygens (including phenoxy) is 1. The minimum Gasteiger partial charge on any atom is -0.462 e. The van der Waals surface area contributed by atoms with Crippen LogP contribution in [0.15, 0.2) is 15.0 Å². The predicted molar refractivity (Wildman–Crippen MR) is 82.6 cm³/mol. The number of fused-ring (bicyclic) bond motifs is 1. The second-order valence-corrected chi connectivity index (χ2v) is 6.09. The van der Waals surface area contributed by atoms with Gasteiger partial charge in [0.05, 0.1) is 12.3 Å². The molecule has 0 aromatic carbocycles. The first-order valence-corrected chi connectivity index (χ1v) is 7.94. The number of aromatic amines is 2. The summed E-state index contributed by atoms with van der Waals surface area (Å²) >= 11 is 1.45. The number of aromatic nitrogens is 2. The molecule has 0 atom stereocenters. The summed E-state index contributed by atoms with van der Waals surface area (Å²) < 4.78 is 5.13. The second-order valence-electron chi connectivity index (χ2n) is 5.01. The van der Waals surface area contributed by atoms with Gasteiger partial charge in [0.2, 0.25) is 0 Å². The summed E-state index contributed by atoms with van der Waals surface area (Å²) in [5, 5.41) is 13.8. The number of nitrogens with zero attached hydrogens (tertiary/aromatic N) is 2. The molecule has 116 valence electrons. The number of carbonyl (C=O) groups excluding carboxylic acids is 1. The molecule has 3 rings (SSSR count). The molecule has 0 fully saturated rings. The second kappa shape index (κ2) is 5.88. The first-order valence-electron chi connectivity index (χ1n) is 7.12. The highest BCUT2D eigenvalue weighted by Gasteiger charge is 2.27. The van der Waals surface area contributed by atoms with Crippen LogP contribution in [-0.4, -0.2) is 22.8 Å². The van der Waals surface area contributed by atoms with Gasteiger partial charge in [-0.15, -0.1) is 21.6 Å². The van der Waals surface area contributed by atoms with Gasteiger partial charge >= 0.3 is 5.97 Å². The lowest BCUT2D eigenvalue weighted by Crippen LogP contribution is -2.06. The van der Waals surface area contributed by atoms with Crippen LogP contribution in [0.5, 0.6) is 0 Å². The summed E-state index contributed by atoms with van der Waals surface area (Å²) in [5.41, 5.74) is 2.03. The van der Waals surface area contributed by atoms with E-state index in [-0.39, 0.29) is 17.2 Å². The summed E-state index contributed by atoms with van der Waals surface area (Å²) in [7, 11) is 0. The van der Waals surface area contributed by atoms with Crippen molar-refractivity contribution in [1.29, 1.82) is 0 Å². The highest BCUT2D eigenvalue weighted by Crippen LogP contribution is 2.41. The van der Waals surface area contributed by atoms with E-state index in [1.54, 1.807) is 13.8 Å². The van der Waals surface area contributed by atoms with E-state index >= 15 is 0 Å². The third-order valence-corrected chi connectivity index (χ3v) is 4.73. The van der Waals surface area contributed by atoms with Crippen LogP contribution in [0.2, 0.25) is 0 Å². The molecule has 22 heavy (non-hydrogen) atoms. The predicted octanol–water partition coefficient (Wildman–Crippen LogP) is 3.15. The third-order valence-electron chi connectivity index (χ3n) is 3.56. The van der Waals surface area contributed by atoms with Gasteiger partial charge in [0.25, 0.3) is 5.56 Å². The van der Waals surface area contributed by atoms with Crippen LogP contribution in [-0.2, 0) is 17.6 Å². The Bertz CT molecular complexity index is 800. The molecular weight excluding hydrogens is 304 g/mol.